The van der Waals surface area contributed by atoms with Crippen LogP contribution in [0.15, 0.2) is 59.7 Å². The molecule has 2 fully saturated rings. The monoisotopic (exact) mass is 484 g/mol. The van der Waals surface area contributed by atoms with Crippen molar-refractivity contribution in [3.8, 4) is 0 Å². The minimum atomic E-state index is -1.12. The average molecular weight is 485 g/mol. The largest absolute Gasteiger partial charge is 0.292 e. The highest BCUT2D eigenvalue weighted by atomic mass is 35.5. The van der Waals surface area contributed by atoms with Gasteiger partial charge in [0.1, 0.15) is 6.04 Å². The maximum absolute atomic E-state index is 13.6. The first kappa shape index (κ1) is 21.3. The number of Topliss-reactive ketones (excluding diaryl/α,β-unsaturated/α-hetero) is 1. The van der Waals surface area contributed by atoms with Crippen molar-refractivity contribution in [2.45, 2.75) is 12.1 Å². The SMILES string of the molecule is O=C(c1cccc([N+](=O)[O-])c1)C1C2C(=O)N(c3ccc(Cl)cc3Cl)C(=O)C2C2C=CC=NN21. The van der Waals surface area contributed by atoms with Crippen molar-refractivity contribution >= 4 is 58.4 Å². The third-order valence-electron chi connectivity index (χ3n) is 6.05. The molecule has 0 aliphatic carbocycles. The summed E-state index contributed by atoms with van der Waals surface area (Å²) < 4.78 is 0. The second kappa shape index (κ2) is 7.79. The van der Waals surface area contributed by atoms with Crippen LogP contribution in [0.25, 0.3) is 0 Å². The number of rotatable bonds is 4. The predicted molar refractivity (Wildman–Crippen MR) is 120 cm³/mol. The fourth-order valence-electron chi connectivity index (χ4n) is 4.68. The number of carbonyl (C=O) groups is 3. The smallest absolute Gasteiger partial charge is 0.270 e. The van der Waals surface area contributed by atoms with E-state index < -0.39 is 46.4 Å². The van der Waals surface area contributed by atoms with Gasteiger partial charge in [-0.25, -0.2) is 4.90 Å². The third-order valence-corrected chi connectivity index (χ3v) is 6.59. The average Bonchev–Trinajstić information content (AvgIpc) is 3.27. The Hall–Kier alpha value is -3.56. The quantitative estimate of drug-likeness (QED) is 0.284. The molecular weight excluding hydrogens is 471 g/mol. The summed E-state index contributed by atoms with van der Waals surface area (Å²) in [6.07, 6.45) is 4.83. The van der Waals surface area contributed by atoms with Gasteiger partial charge in [-0.1, -0.05) is 41.4 Å². The van der Waals surface area contributed by atoms with Gasteiger partial charge in [0.25, 0.3) is 5.69 Å². The zero-order valence-corrected chi connectivity index (χ0v) is 18.2. The van der Waals surface area contributed by atoms with E-state index in [9.17, 15) is 24.5 Å². The maximum Gasteiger partial charge on any atom is 0.270 e. The van der Waals surface area contributed by atoms with Gasteiger partial charge in [-0.15, -0.1) is 0 Å². The Kier molecular flexibility index (Phi) is 5.02. The predicted octanol–water partition coefficient (Wildman–Crippen LogP) is 3.50. The minimum absolute atomic E-state index is 0.0570. The van der Waals surface area contributed by atoms with Gasteiger partial charge in [0.05, 0.1) is 33.5 Å². The van der Waals surface area contributed by atoms with Gasteiger partial charge in [-0.05, 0) is 24.3 Å². The molecule has 3 aliphatic heterocycles. The molecule has 0 N–H and O–H groups in total. The fourth-order valence-corrected chi connectivity index (χ4v) is 5.17. The number of halogens is 2. The molecule has 33 heavy (non-hydrogen) atoms. The van der Waals surface area contributed by atoms with Crippen molar-refractivity contribution in [2.75, 3.05) is 4.90 Å². The van der Waals surface area contributed by atoms with Gasteiger partial charge in [0, 0.05) is 28.9 Å². The molecule has 4 unspecified atom stereocenters. The standard InChI is InChI=1S/C22H14Cl2N4O5/c23-12-6-7-15(14(24)10-12)26-21(30)17-16-5-2-8-25-27(16)19(18(17)22(26)31)20(29)11-3-1-4-13(9-11)28(32)33/h1-10,16-19H. The maximum atomic E-state index is 13.6. The molecule has 0 spiro atoms. The lowest BCUT2D eigenvalue weighted by atomic mass is 9.86. The van der Waals surface area contributed by atoms with E-state index in [-0.39, 0.29) is 22.0 Å². The summed E-state index contributed by atoms with van der Waals surface area (Å²) in [6.45, 7) is 0. The number of carbonyl (C=O) groups excluding carboxylic acids is 3. The van der Waals surface area contributed by atoms with Crippen LogP contribution in [0, 0.1) is 22.0 Å². The number of hydrogen-bond donors (Lipinski definition) is 0. The molecule has 0 radical (unpaired) electrons. The number of fused-ring (bicyclic) bond motifs is 3. The van der Waals surface area contributed by atoms with Crippen LogP contribution < -0.4 is 4.90 Å². The van der Waals surface area contributed by atoms with Gasteiger partial charge in [0.2, 0.25) is 11.8 Å². The molecule has 9 nitrogen and oxygen atoms in total. The molecule has 4 atom stereocenters. The molecular formula is C22H14Cl2N4O5. The summed E-state index contributed by atoms with van der Waals surface area (Å²) in [4.78, 5) is 52.1. The second-order valence-corrected chi connectivity index (χ2v) is 8.64. The molecule has 2 saturated heterocycles. The van der Waals surface area contributed by atoms with Crippen LogP contribution in [-0.2, 0) is 9.59 Å². The van der Waals surface area contributed by atoms with E-state index in [0.717, 1.165) is 11.0 Å². The lowest BCUT2D eigenvalue weighted by Crippen LogP contribution is -2.46. The number of benzene rings is 2. The molecule has 5 rings (SSSR count). The zero-order chi connectivity index (χ0) is 23.4. The van der Waals surface area contributed by atoms with Crippen molar-refractivity contribution in [1.29, 1.82) is 0 Å². The molecule has 0 bridgehead atoms. The molecule has 2 aromatic carbocycles. The fraction of sp³-hybridized carbons (Fsp3) is 0.182. The van der Waals surface area contributed by atoms with Crippen LogP contribution in [-0.4, -0.2) is 45.8 Å². The van der Waals surface area contributed by atoms with E-state index in [1.54, 1.807) is 12.2 Å². The Morgan fingerprint density at radius 1 is 1.06 bits per heavy atom. The Balaban J connectivity index is 1.59. The first-order chi connectivity index (χ1) is 15.8. The number of ketones is 1. The van der Waals surface area contributed by atoms with Gasteiger partial charge in [-0.3, -0.25) is 29.5 Å². The molecule has 0 aromatic heterocycles. The number of nitro benzene ring substituents is 1. The Morgan fingerprint density at radius 3 is 2.55 bits per heavy atom. The summed E-state index contributed by atoms with van der Waals surface area (Å²) in [7, 11) is 0. The number of anilines is 1. The van der Waals surface area contributed by atoms with Gasteiger partial charge < -0.3 is 0 Å². The van der Waals surface area contributed by atoms with Gasteiger partial charge in [-0.2, -0.15) is 5.10 Å². The van der Waals surface area contributed by atoms with Crippen molar-refractivity contribution in [1.82, 2.24) is 5.01 Å². The zero-order valence-electron chi connectivity index (χ0n) is 16.7. The van der Waals surface area contributed by atoms with Crippen LogP contribution in [0.2, 0.25) is 10.0 Å². The number of amides is 2. The summed E-state index contributed by atoms with van der Waals surface area (Å²) in [6, 6.07) is 7.95. The number of nitrogens with zero attached hydrogens (tertiary/aromatic N) is 4. The van der Waals surface area contributed by atoms with E-state index in [1.165, 1.54) is 47.6 Å². The van der Waals surface area contributed by atoms with E-state index in [2.05, 4.69) is 5.10 Å². The van der Waals surface area contributed by atoms with E-state index in [0.29, 0.717) is 5.02 Å². The molecule has 0 saturated carbocycles. The summed E-state index contributed by atoms with van der Waals surface area (Å²) in [5, 5.41) is 17.3. The highest BCUT2D eigenvalue weighted by molar-refractivity contribution is 6.38. The van der Waals surface area contributed by atoms with Crippen molar-refractivity contribution < 1.29 is 19.3 Å². The van der Waals surface area contributed by atoms with Crippen molar-refractivity contribution in [3.63, 3.8) is 0 Å². The van der Waals surface area contributed by atoms with E-state index in [1.807, 2.05) is 0 Å². The molecule has 11 heteroatoms. The van der Waals surface area contributed by atoms with Crippen LogP contribution >= 0.6 is 23.2 Å². The molecule has 3 aliphatic rings. The molecule has 2 amide bonds. The Labute approximate surface area is 197 Å². The molecule has 3 heterocycles. The van der Waals surface area contributed by atoms with Crippen LogP contribution in [0.5, 0.6) is 0 Å². The number of non-ortho nitro benzene ring substituents is 1. The summed E-state index contributed by atoms with van der Waals surface area (Å²) in [5.74, 6) is -3.53. The van der Waals surface area contributed by atoms with E-state index >= 15 is 0 Å². The summed E-state index contributed by atoms with van der Waals surface area (Å²) in [5.41, 5.74) is -0.0131. The van der Waals surface area contributed by atoms with Crippen LogP contribution in [0.3, 0.4) is 0 Å². The number of hydrazone groups is 1. The van der Waals surface area contributed by atoms with E-state index in [4.69, 9.17) is 23.2 Å². The first-order valence-corrected chi connectivity index (χ1v) is 10.7. The first-order valence-electron chi connectivity index (χ1n) is 9.90. The normalized spacial score (nSPS) is 25.4. The molecule has 166 valence electrons. The highest BCUT2D eigenvalue weighted by Gasteiger charge is 2.64. The Bertz CT molecular complexity index is 1290. The Morgan fingerprint density at radius 2 is 1.82 bits per heavy atom. The van der Waals surface area contributed by atoms with Crippen LogP contribution in [0.4, 0.5) is 11.4 Å². The van der Waals surface area contributed by atoms with Gasteiger partial charge in [0.15, 0.2) is 5.78 Å². The number of allylic oxidation sites excluding steroid dienone is 1. The van der Waals surface area contributed by atoms with Crippen molar-refractivity contribution in [2.24, 2.45) is 16.9 Å². The van der Waals surface area contributed by atoms with Crippen LogP contribution in [0.1, 0.15) is 10.4 Å². The lowest BCUT2D eigenvalue weighted by molar-refractivity contribution is -0.384. The number of hydrogen-bond acceptors (Lipinski definition) is 7. The number of imide groups is 1. The summed E-state index contributed by atoms with van der Waals surface area (Å²) >= 11 is 12.2. The van der Waals surface area contributed by atoms with Gasteiger partial charge >= 0.3 is 0 Å². The second-order valence-electron chi connectivity index (χ2n) is 7.80. The lowest BCUT2D eigenvalue weighted by Gasteiger charge is -2.30. The molecule has 2 aromatic rings. The third kappa shape index (κ3) is 3.23. The topological polar surface area (TPSA) is 113 Å². The number of nitro groups is 1. The minimum Gasteiger partial charge on any atom is -0.292 e. The highest BCUT2D eigenvalue weighted by Crippen LogP contribution is 2.47. The van der Waals surface area contributed by atoms with Crippen molar-refractivity contribution in [3.05, 3.63) is 80.3 Å².